The predicted octanol–water partition coefficient (Wildman–Crippen LogP) is 2.59. The van der Waals surface area contributed by atoms with Crippen molar-refractivity contribution in [2.45, 2.75) is 0 Å². The Morgan fingerprint density at radius 3 is 2.21 bits per heavy atom. The lowest BCUT2D eigenvalue weighted by molar-refractivity contribution is -0.116. The van der Waals surface area contributed by atoms with E-state index in [0.29, 0.717) is 36.0 Å². The van der Waals surface area contributed by atoms with Crippen LogP contribution in [0.5, 0.6) is 17.2 Å². The van der Waals surface area contributed by atoms with Crippen LogP contribution in [0, 0.1) is 0 Å². The number of ether oxygens (including phenoxy) is 3. The second-order valence-electron chi connectivity index (χ2n) is 6.15. The molecule has 28 heavy (non-hydrogen) atoms. The van der Waals surface area contributed by atoms with Gasteiger partial charge < -0.3 is 24.4 Å². The van der Waals surface area contributed by atoms with Crippen molar-refractivity contribution in [3.8, 4) is 17.2 Å². The largest absolute Gasteiger partial charge is 0.493 e. The minimum absolute atomic E-state index is 0.0428. The minimum atomic E-state index is -0.308. The lowest BCUT2D eigenvalue weighted by Gasteiger charge is -2.19. The molecule has 1 N–H and O–H groups in total. The van der Waals surface area contributed by atoms with Gasteiger partial charge in [-0.1, -0.05) is 18.2 Å². The Labute approximate surface area is 163 Å². The highest BCUT2D eigenvalue weighted by Crippen LogP contribution is 2.39. The average Bonchev–Trinajstić information content (AvgIpc) is 3.07. The molecule has 0 bridgehead atoms. The van der Waals surface area contributed by atoms with Gasteiger partial charge in [0.2, 0.25) is 11.7 Å². The number of para-hydroxylation sites is 1. The number of nitrogens with one attached hydrogen (secondary N) is 1. The molecule has 8 nitrogen and oxygen atoms in total. The molecular weight excluding hydrogens is 362 g/mol. The summed E-state index contributed by atoms with van der Waals surface area (Å²) in [6.45, 7) is 0.982. The highest BCUT2D eigenvalue weighted by Gasteiger charge is 2.30. The minimum Gasteiger partial charge on any atom is -0.493 e. The molecule has 8 heteroatoms. The zero-order valence-electron chi connectivity index (χ0n) is 16.1. The Hall–Kier alpha value is -3.42. The number of amides is 3. The maximum atomic E-state index is 12.6. The van der Waals surface area contributed by atoms with Crippen LogP contribution in [0.1, 0.15) is 0 Å². The van der Waals surface area contributed by atoms with E-state index in [1.807, 2.05) is 30.3 Å². The van der Waals surface area contributed by atoms with Crippen LogP contribution in [-0.2, 0) is 4.79 Å². The summed E-state index contributed by atoms with van der Waals surface area (Å²) < 4.78 is 15.8. The monoisotopic (exact) mass is 385 g/mol. The summed E-state index contributed by atoms with van der Waals surface area (Å²) in [5.74, 6) is 1.00. The first-order chi connectivity index (χ1) is 13.6. The molecule has 0 spiro atoms. The van der Waals surface area contributed by atoms with Gasteiger partial charge in [-0.15, -0.1) is 0 Å². The number of benzene rings is 2. The summed E-state index contributed by atoms with van der Waals surface area (Å²) in [5.41, 5.74) is 1.31. The topological polar surface area (TPSA) is 80.3 Å². The summed E-state index contributed by atoms with van der Waals surface area (Å²) in [4.78, 5) is 28.2. The fourth-order valence-corrected chi connectivity index (χ4v) is 3.10. The molecule has 3 amide bonds. The first kappa shape index (κ1) is 19.3. The van der Waals surface area contributed by atoms with Crippen LogP contribution in [-0.4, -0.2) is 57.8 Å². The van der Waals surface area contributed by atoms with E-state index in [2.05, 4.69) is 5.32 Å². The zero-order chi connectivity index (χ0) is 20.1. The SMILES string of the molecule is COc1cc(NC(=O)CN2CCN(c3ccccc3)C2=O)cc(OC)c1OC. The van der Waals surface area contributed by atoms with Crippen molar-refractivity contribution in [3.63, 3.8) is 0 Å². The van der Waals surface area contributed by atoms with Gasteiger partial charge in [0.05, 0.1) is 21.3 Å². The number of carbonyl (C=O) groups is 2. The normalized spacial score (nSPS) is 13.5. The van der Waals surface area contributed by atoms with Crippen molar-refractivity contribution in [3.05, 3.63) is 42.5 Å². The van der Waals surface area contributed by atoms with Crippen molar-refractivity contribution in [1.29, 1.82) is 0 Å². The van der Waals surface area contributed by atoms with Gasteiger partial charge in [0.25, 0.3) is 0 Å². The molecule has 0 unspecified atom stereocenters. The summed E-state index contributed by atoms with van der Waals surface area (Å²) in [7, 11) is 4.52. The number of rotatable bonds is 7. The Morgan fingerprint density at radius 2 is 1.64 bits per heavy atom. The van der Waals surface area contributed by atoms with E-state index in [-0.39, 0.29) is 18.5 Å². The van der Waals surface area contributed by atoms with E-state index in [0.717, 1.165) is 5.69 Å². The second kappa shape index (κ2) is 8.51. The molecule has 0 radical (unpaired) electrons. The quantitative estimate of drug-likeness (QED) is 0.792. The molecule has 1 aliphatic rings. The van der Waals surface area contributed by atoms with E-state index in [1.54, 1.807) is 17.0 Å². The van der Waals surface area contributed by atoms with E-state index >= 15 is 0 Å². The molecule has 0 atom stereocenters. The van der Waals surface area contributed by atoms with E-state index in [9.17, 15) is 9.59 Å². The molecule has 3 rings (SSSR count). The molecule has 148 valence electrons. The van der Waals surface area contributed by atoms with Crippen molar-refractivity contribution < 1.29 is 23.8 Å². The first-order valence-electron chi connectivity index (χ1n) is 8.78. The third-order valence-corrected chi connectivity index (χ3v) is 4.45. The lowest BCUT2D eigenvalue weighted by atomic mass is 10.2. The van der Waals surface area contributed by atoms with Gasteiger partial charge in [0, 0.05) is 36.6 Å². The molecule has 2 aromatic carbocycles. The van der Waals surface area contributed by atoms with Crippen LogP contribution in [0.15, 0.2) is 42.5 Å². The molecule has 1 aliphatic heterocycles. The number of methoxy groups -OCH3 is 3. The van der Waals surface area contributed by atoms with E-state index in [4.69, 9.17) is 14.2 Å². The maximum absolute atomic E-state index is 12.6. The van der Waals surface area contributed by atoms with Gasteiger partial charge in [-0.3, -0.25) is 9.69 Å². The number of urea groups is 1. The third-order valence-electron chi connectivity index (χ3n) is 4.45. The molecule has 0 aromatic heterocycles. The fraction of sp³-hybridized carbons (Fsp3) is 0.300. The van der Waals surface area contributed by atoms with Gasteiger partial charge in [-0.2, -0.15) is 0 Å². The standard InChI is InChI=1S/C20H23N3O5/c1-26-16-11-14(12-17(27-2)19(16)28-3)21-18(24)13-22-9-10-23(20(22)25)15-7-5-4-6-8-15/h4-8,11-12H,9-10,13H2,1-3H3,(H,21,24). The van der Waals surface area contributed by atoms with Crippen LogP contribution in [0.3, 0.4) is 0 Å². The summed E-state index contributed by atoms with van der Waals surface area (Å²) in [6.07, 6.45) is 0. The van der Waals surface area contributed by atoms with Gasteiger partial charge in [-0.05, 0) is 12.1 Å². The number of nitrogens with zero attached hydrogens (tertiary/aromatic N) is 2. The fourth-order valence-electron chi connectivity index (χ4n) is 3.10. The summed E-state index contributed by atoms with van der Waals surface area (Å²) >= 11 is 0. The first-order valence-corrected chi connectivity index (χ1v) is 8.78. The molecule has 1 heterocycles. The molecule has 0 aliphatic carbocycles. The van der Waals surface area contributed by atoms with Gasteiger partial charge in [-0.25, -0.2) is 4.79 Å². The van der Waals surface area contributed by atoms with E-state index in [1.165, 1.54) is 26.2 Å². The summed E-state index contributed by atoms with van der Waals surface area (Å²) in [5, 5.41) is 2.78. The number of anilines is 2. The predicted molar refractivity (Wildman–Crippen MR) is 105 cm³/mol. The molecule has 1 saturated heterocycles. The van der Waals surface area contributed by atoms with Gasteiger partial charge in [0.15, 0.2) is 11.5 Å². The maximum Gasteiger partial charge on any atom is 0.325 e. The number of hydrogen-bond acceptors (Lipinski definition) is 5. The third kappa shape index (κ3) is 3.95. The van der Waals surface area contributed by atoms with Crippen molar-refractivity contribution in [2.75, 3.05) is 51.2 Å². The van der Waals surface area contributed by atoms with Crippen LogP contribution in [0.25, 0.3) is 0 Å². The molecular formula is C20H23N3O5. The van der Waals surface area contributed by atoms with Crippen LogP contribution >= 0.6 is 0 Å². The molecule has 1 fully saturated rings. The van der Waals surface area contributed by atoms with Gasteiger partial charge >= 0.3 is 6.03 Å². The molecule has 2 aromatic rings. The Bertz CT molecular complexity index is 831. The van der Waals surface area contributed by atoms with Crippen molar-refractivity contribution in [2.24, 2.45) is 0 Å². The van der Waals surface area contributed by atoms with Crippen LogP contribution in [0.4, 0.5) is 16.2 Å². The zero-order valence-corrected chi connectivity index (χ0v) is 16.1. The highest BCUT2D eigenvalue weighted by atomic mass is 16.5. The second-order valence-corrected chi connectivity index (χ2v) is 6.15. The smallest absolute Gasteiger partial charge is 0.325 e. The van der Waals surface area contributed by atoms with Crippen molar-refractivity contribution in [1.82, 2.24) is 4.90 Å². The summed E-state index contributed by atoms with van der Waals surface area (Å²) in [6, 6.07) is 12.5. The van der Waals surface area contributed by atoms with Crippen LogP contribution in [0.2, 0.25) is 0 Å². The Balaban J connectivity index is 1.67. The highest BCUT2D eigenvalue weighted by molar-refractivity contribution is 5.99. The van der Waals surface area contributed by atoms with Gasteiger partial charge in [0.1, 0.15) is 6.54 Å². The Morgan fingerprint density at radius 1 is 1.00 bits per heavy atom. The lowest BCUT2D eigenvalue weighted by Crippen LogP contribution is -2.37. The Kier molecular flexibility index (Phi) is 5.88. The average molecular weight is 385 g/mol. The van der Waals surface area contributed by atoms with E-state index < -0.39 is 0 Å². The number of carbonyl (C=O) groups excluding carboxylic acids is 2. The van der Waals surface area contributed by atoms with Crippen molar-refractivity contribution >= 4 is 23.3 Å². The van der Waals surface area contributed by atoms with Crippen LogP contribution < -0.4 is 24.4 Å². The molecule has 0 saturated carbocycles. The number of hydrogen-bond donors (Lipinski definition) is 1.